The molecular weight excluding hydrogens is 283 g/mol. The van der Waals surface area contributed by atoms with Gasteiger partial charge in [0.25, 0.3) is 0 Å². The first-order chi connectivity index (χ1) is 7.70. The molecule has 0 spiro atoms. The Morgan fingerprint density at radius 3 is 2.35 bits per heavy atom. The maximum Gasteiger partial charge on any atom is 0.149 e. The number of nitrogens with two attached hydrogens (primary N) is 1. The van der Waals surface area contributed by atoms with Crippen LogP contribution >= 0.6 is 23.2 Å². The SMILES string of the molecule is CN(CCS(C)(=O)=O)c1cc(Cl)c(Cl)cc1N. The third-order valence-corrected chi connectivity index (χ3v) is 3.92. The number of rotatable bonds is 4. The highest BCUT2D eigenvalue weighted by Gasteiger charge is 2.11. The molecule has 1 rings (SSSR count). The molecule has 0 radical (unpaired) electrons. The number of hydrogen-bond donors (Lipinski definition) is 1. The van der Waals surface area contributed by atoms with Crippen LogP contribution < -0.4 is 10.6 Å². The van der Waals surface area contributed by atoms with Crippen LogP contribution in [0.5, 0.6) is 0 Å². The third kappa shape index (κ3) is 4.26. The van der Waals surface area contributed by atoms with E-state index in [1.165, 1.54) is 6.26 Å². The molecule has 0 aromatic heterocycles. The molecule has 0 bridgehead atoms. The fourth-order valence-electron chi connectivity index (χ4n) is 1.31. The molecule has 7 heteroatoms. The minimum Gasteiger partial charge on any atom is -0.397 e. The summed E-state index contributed by atoms with van der Waals surface area (Å²) in [6.45, 7) is 0.348. The summed E-state index contributed by atoms with van der Waals surface area (Å²) in [6, 6.07) is 3.18. The van der Waals surface area contributed by atoms with Gasteiger partial charge in [-0.1, -0.05) is 23.2 Å². The van der Waals surface area contributed by atoms with Gasteiger partial charge in [-0.3, -0.25) is 0 Å². The summed E-state index contributed by atoms with van der Waals surface area (Å²) >= 11 is 11.7. The van der Waals surface area contributed by atoms with E-state index in [0.29, 0.717) is 28.0 Å². The first-order valence-electron chi connectivity index (χ1n) is 4.84. The Labute approximate surface area is 111 Å². The zero-order valence-corrected chi connectivity index (χ0v) is 11.9. The van der Waals surface area contributed by atoms with Crippen LogP contribution in [0.2, 0.25) is 10.0 Å². The van der Waals surface area contributed by atoms with Crippen molar-refractivity contribution in [3.8, 4) is 0 Å². The molecule has 17 heavy (non-hydrogen) atoms. The Hall–Kier alpha value is -0.650. The fourth-order valence-corrected chi connectivity index (χ4v) is 2.24. The summed E-state index contributed by atoms with van der Waals surface area (Å²) in [5.74, 6) is 0.0587. The van der Waals surface area contributed by atoms with Crippen molar-refractivity contribution in [3.63, 3.8) is 0 Å². The molecule has 0 heterocycles. The van der Waals surface area contributed by atoms with Gasteiger partial charge < -0.3 is 10.6 Å². The Morgan fingerprint density at radius 2 is 1.82 bits per heavy atom. The molecular formula is C10H14Cl2N2O2S. The molecule has 0 amide bonds. The quantitative estimate of drug-likeness (QED) is 0.864. The van der Waals surface area contributed by atoms with Crippen LogP contribution in [0.4, 0.5) is 11.4 Å². The molecule has 0 saturated carbocycles. The summed E-state index contributed by atoms with van der Waals surface area (Å²) in [5.41, 5.74) is 6.93. The number of halogens is 2. The van der Waals surface area contributed by atoms with Crippen molar-refractivity contribution in [1.29, 1.82) is 0 Å². The van der Waals surface area contributed by atoms with Gasteiger partial charge in [0, 0.05) is 19.8 Å². The normalized spacial score (nSPS) is 11.5. The lowest BCUT2D eigenvalue weighted by Gasteiger charge is -2.21. The molecule has 0 fully saturated rings. The van der Waals surface area contributed by atoms with Crippen LogP contribution in [-0.4, -0.2) is 34.0 Å². The van der Waals surface area contributed by atoms with Gasteiger partial charge in [0.1, 0.15) is 9.84 Å². The van der Waals surface area contributed by atoms with E-state index in [1.54, 1.807) is 24.1 Å². The molecule has 1 aromatic carbocycles. The minimum atomic E-state index is -3.00. The standard InChI is InChI=1S/C10H14Cl2N2O2S/c1-14(3-4-17(2,15)16)10-6-8(12)7(11)5-9(10)13/h5-6H,3-4,13H2,1-2H3. The lowest BCUT2D eigenvalue weighted by atomic mass is 10.2. The zero-order chi connectivity index (χ0) is 13.2. The first-order valence-corrected chi connectivity index (χ1v) is 7.66. The van der Waals surface area contributed by atoms with Crippen molar-refractivity contribution in [2.45, 2.75) is 0 Å². The highest BCUT2D eigenvalue weighted by molar-refractivity contribution is 7.90. The van der Waals surface area contributed by atoms with Gasteiger partial charge in [-0.25, -0.2) is 8.42 Å². The van der Waals surface area contributed by atoms with Crippen LogP contribution in [0, 0.1) is 0 Å². The maximum atomic E-state index is 11.1. The average molecular weight is 297 g/mol. The second-order valence-corrected chi connectivity index (χ2v) is 6.95. The zero-order valence-electron chi connectivity index (χ0n) is 9.57. The lowest BCUT2D eigenvalue weighted by Crippen LogP contribution is -2.25. The van der Waals surface area contributed by atoms with Gasteiger partial charge >= 0.3 is 0 Å². The van der Waals surface area contributed by atoms with E-state index >= 15 is 0 Å². The van der Waals surface area contributed by atoms with Crippen LogP contribution in [0.25, 0.3) is 0 Å². The molecule has 0 aliphatic carbocycles. The number of nitrogen functional groups attached to an aromatic ring is 1. The molecule has 4 nitrogen and oxygen atoms in total. The van der Waals surface area contributed by atoms with Crippen LogP contribution in [0.3, 0.4) is 0 Å². The molecule has 0 atom stereocenters. The Morgan fingerprint density at radius 1 is 1.29 bits per heavy atom. The predicted octanol–water partition coefficient (Wildman–Crippen LogP) is 2.06. The highest BCUT2D eigenvalue weighted by Crippen LogP contribution is 2.32. The molecule has 0 unspecified atom stereocenters. The van der Waals surface area contributed by atoms with Crippen LogP contribution in [0.1, 0.15) is 0 Å². The Balaban J connectivity index is 2.89. The fraction of sp³-hybridized carbons (Fsp3) is 0.400. The molecule has 0 saturated heterocycles. The summed E-state index contributed by atoms with van der Waals surface area (Å²) < 4.78 is 22.1. The van der Waals surface area contributed by atoms with E-state index in [9.17, 15) is 8.42 Å². The first kappa shape index (κ1) is 14.4. The third-order valence-electron chi connectivity index (χ3n) is 2.28. The number of anilines is 2. The van der Waals surface area contributed by atoms with Gasteiger partial charge in [0.15, 0.2) is 0 Å². The van der Waals surface area contributed by atoms with E-state index in [4.69, 9.17) is 28.9 Å². The number of nitrogens with zero attached hydrogens (tertiary/aromatic N) is 1. The molecule has 1 aromatic rings. The lowest BCUT2D eigenvalue weighted by molar-refractivity contribution is 0.601. The van der Waals surface area contributed by atoms with E-state index in [1.807, 2.05) is 0 Å². The largest absolute Gasteiger partial charge is 0.397 e. The van der Waals surface area contributed by atoms with E-state index in [0.717, 1.165) is 0 Å². The van der Waals surface area contributed by atoms with Gasteiger partial charge in [-0.05, 0) is 12.1 Å². The monoisotopic (exact) mass is 296 g/mol. The van der Waals surface area contributed by atoms with Gasteiger partial charge in [-0.15, -0.1) is 0 Å². The number of benzene rings is 1. The van der Waals surface area contributed by atoms with Gasteiger partial charge in [-0.2, -0.15) is 0 Å². The van der Waals surface area contributed by atoms with Crippen molar-refractivity contribution in [3.05, 3.63) is 22.2 Å². The van der Waals surface area contributed by atoms with Crippen LogP contribution in [0.15, 0.2) is 12.1 Å². The summed E-state index contributed by atoms with van der Waals surface area (Å²) in [4.78, 5) is 1.73. The molecule has 0 aliphatic rings. The van der Waals surface area contributed by atoms with E-state index in [-0.39, 0.29) is 5.75 Å². The molecule has 96 valence electrons. The number of sulfone groups is 1. The van der Waals surface area contributed by atoms with Crippen molar-refractivity contribution in [1.82, 2.24) is 0 Å². The van der Waals surface area contributed by atoms with Crippen molar-refractivity contribution in [2.24, 2.45) is 0 Å². The Kier molecular flexibility index (Phi) is 4.52. The second kappa shape index (κ2) is 5.33. The topological polar surface area (TPSA) is 63.4 Å². The van der Waals surface area contributed by atoms with Crippen molar-refractivity contribution >= 4 is 44.4 Å². The molecule has 2 N–H and O–H groups in total. The minimum absolute atomic E-state index is 0.0587. The maximum absolute atomic E-state index is 11.1. The number of hydrogen-bond acceptors (Lipinski definition) is 4. The van der Waals surface area contributed by atoms with Gasteiger partial charge in [0.2, 0.25) is 0 Å². The predicted molar refractivity (Wildman–Crippen MR) is 73.9 cm³/mol. The summed E-state index contributed by atoms with van der Waals surface area (Å²) in [6.07, 6.45) is 1.19. The highest BCUT2D eigenvalue weighted by atomic mass is 35.5. The Bertz CT molecular complexity index is 517. The van der Waals surface area contributed by atoms with Crippen LogP contribution in [-0.2, 0) is 9.84 Å². The summed E-state index contributed by atoms with van der Waals surface area (Å²) in [7, 11) is -1.25. The van der Waals surface area contributed by atoms with E-state index in [2.05, 4.69) is 0 Å². The smallest absolute Gasteiger partial charge is 0.149 e. The van der Waals surface area contributed by atoms with Crippen molar-refractivity contribution < 1.29 is 8.42 Å². The molecule has 0 aliphatic heterocycles. The average Bonchev–Trinajstić information content (AvgIpc) is 2.19. The van der Waals surface area contributed by atoms with E-state index < -0.39 is 9.84 Å². The second-order valence-electron chi connectivity index (χ2n) is 3.88. The van der Waals surface area contributed by atoms with Crippen molar-refractivity contribution in [2.75, 3.05) is 36.2 Å². The van der Waals surface area contributed by atoms with Gasteiger partial charge in [0.05, 0.1) is 27.2 Å². The summed E-state index contributed by atoms with van der Waals surface area (Å²) in [5, 5.41) is 0.770.